The maximum absolute atomic E-state index is 5.78. The van der Waals surface area contributed by atoms with E-state index in [4.69, 9.17) is 11.1 Å². The van der Waals surface area contributed by atoms with Crippen LogP contribution in [0.4, 0.5) is 5.69 Å². The van der Waals surface area contributed by atoms with Gasteiger partial charge in [0.2, 0.25) is 0 Å². The van der Waals surface area contributed by atoms with Crippen molar-refractivity contribution in [3.63, 3.8) is 0 Å². The van der Waals surface area contributed by atoms with Gasteiger partial charge in [0.05, 0.1) is 20.8 Å². The quantitative estimate of drug-likeness (QED) is 0.278. The van der Waals surface area contributed by atoms with Crippen LogP contribution in [0.5, 0.6) is 0 Å². The number of benzene rings is 4. The molecule has 4 heteroatoms. The second-order valence-corrected chi connectivity index (χ2v) is 9.39. The number of anilines is 1. The van der Waals surface area contributed by atoms with Crippen molar-refractivity contribution in [1.82, 2.24) is 4.98 Å². The van der Waals surface area contributed by atoms with Gasteiger partial charge in [0.1, 0.15) is 0 Å². The lowest BCUT2D eigenvalue weighted by Gasteiger charge is -2.10. The van der Waals surface area contributed by atoms with Gasteiger partial charge in [-0.3, -0.25) is 5.41 Å². The summed E-state index contributed by atoms with van der Waals surface area (Å²) in [4.78, 5) is 5.75. The van der Waals surface area contributed by atoms with Gasteiger partial charge in [-0.25, -0.2) is 4.98 Å². The number of hydrogen-bond acceptors (Lipinski definition) is 3. The molecule has 3 nitrogen and oxygen atoms in total. The summed E-state index contributed by atoms with van der Waals surface area (Å²) in [5.41, 5.74) is 16.3. The van der Waals surface area contributed by atoms with Crippen molar-refractivity contribution in [2.45, 2.75) is 27.7 Å². The standard InChI is InChI=1S/C15H17N.C13H10N2S/c1-10-4-6-14(11(2)8-10)15-7-5-13(16)9-12(15)3;1-8-2-4-10-12(6-8)16-13-7-9(14)3-5-11(13)15-10/h4-9H,16H2,1-3H3;2-7,14H,1H3/p+1. The Labute approximate surface area is 193 Å². The predicted molar refractivity (Wildman–Crippen MR) is 137 cm³/mol. The molecule has 0 bridgehead atoms. The molecule has 5 rings (SSSR count). The Kier molecular flexibility index (Phi) is 6.06. The fourth-order valence-corrected chi connectivity index (χ4v) is 4.97. The van der Waals surface area contributed by atoms with E-state index in [2.05, 4.69) is 75.1 Å². The number of nitrogens with two attached hydrogens (primary N) is 2. The van der Waals surface area contributed by atoms with Crippen LogP contribution in [-0.4, -0.2) is 4.98 Å². The van der Waals surface area contributed by atoms with E-state index in [9.17, 15) is 0 Å². The molecule has 0 saturated heterocycles. The largest absolute Gasteiger partial charge is 0.399 e. The highest BCUT2D eigenvalue weighted by Gasteiger charge is 2.07. The highest BCUT2D eigenvalue weighted by molar-refractivity contribution is 7.21. The average molecular weight is 439 g/mol. The van der Waals surface area contributed by atoms with Crippen LogP contribution in [0, 0.1) is 27.7 Å². The number of fused-ring (bicyclic) bond motifs is 2. The van der Waals surface area contributed by atoms with Crippen LogP contribution in [-0.2, 0) is 0 Å². The molecule has 0 radical (unpaired) electrons. The second-order valence-electron chi connectivity index (χ2n) is 8.30. The average Bonchev–Trinajstić information content (AvgIpc) is 2.73. The summed E-state index contributed by atoms with van der Waals surface area (Å²) in [6.07, 6.45) is 0. The molecule has 32 heavy (non-hydrogen) atoms. The molecule has 160 valence electrons. The van der Waals surface area contributed by atoms with Crippen LogP contribution in [0.1, 0.15) is 22.3 Å². The van der Waals surface area contributed by atoms with Gasteiger partial charge in [-0.15, -0.1) is 11.3 Å². The summed E-state index contributed by atoms with van der Waals surface area (Å²) >= 11 is 1.74. The van der Waals surface area contributed by atoms with Crippen molar-refractivity contribution >= 4 is 27.2 Å². The molecule has 1 heterocycles. The van der Waals surface area contributed by atoms with Gasteiger partial charge in [-0.1, -0.05) is 35.9 Å². The van der Waals surface area contributed by atoms with E-state index in [1.165, 1.54) is 38.1 Å². The summed E-state index contributed by atoms with van der Waals surface area (Å²) < 4.78 is 1.21. The van der Waals surface area contributed by atoms with E-state index < -0.39 is 0 Å². The topological polar surface area (TPSA) is 64.5 Å². The zero-order valence-electron chi connectivity index (χ0n) is 18.9. The lowest BCUT2D eigenvalue weighted by atomic mass is 9.95. The minimum absolute atomic E-state index is 0.789. The number of rotatable bonds is 1. The number of aryl methyl sites for hydroxylation is 4. The maximum atomic E-state index is 5.78. The molecule has 0 amide bonds. The fourth-order valence-electron chi connectivity index (χ4n) is 3.85. The molecule has 0 spiro atoms. The van der Waals surface area contributed by atoms with E-state index in [1.807, 2.05) is 30.3 Å². The van der Waals surface area contributed by atoms with Gasteiger partial charge in [-0.2, -0.15) is 0 Å². The Morgan fingerprint density at radius 2 is 1.38 bits per heavy atom. The second kappa shape index (κ2) is 8.93. The molecular weight excluding hydrogens is 410 g/mol. The lowest BCUT2D eigenvalue weighted by Crippen LogP contribution is -2.44. The van der Waals surface area contributed by atoms with Crippen LogP contribution in [0.15, 0.2) is 72.8 Å². The third kappa shape index (κ3) is 4.71. The first-order valence-electron chi connectivity index (χ1n) is 10.6. The number of aromatic nitrogens is 1. The van der Waals surface area contributed by atoms with Gasteiger partial charge < -0.3 is 5.73 Å². The van der Waals surface area contributed by atoms with Crippen LogP contribution in [0.25, 0.3) is 31.9 Å². The Morgan fingerprint density at radius 1 is 0.719 bits per heavy atom. The van der Waals surface area contributed by atoms with E-state index in [-0.39, 0.29) is 0 Å². The summed E-state index contributed by atoms with van der Waals surface area (Å²) in [5.74, 6) is 0. The Morgan fingerprint density at radius 3 is 2.09 bits per heavy atom. The Hall–Kier alpha value is -3.50. The molecule has 1 aliphatic heterocycles. The normalized spacial score (nSPS) is 10.8. The summed E-state index contributed by atoms with van der Waals surface area (Å²) in [6.45, 7) is 8.46. The van der Waals surface area contributed by atoms with Crippen molar-refractivity contribution in [3.8, 4) is 21.7 Å². The minimum Gasteiger partial charge on any atom is -0.399 e. The number of hydrogen-bond donors (Lipinski definition) is 2. The van der Waals surface area contributed by atoms with Gasteiger partial charge >= 0.3 is 0 Å². The predicted octanol–water partition coefficient (Wildman–Crippen LogP) is 5.23. The number of nitrogens with zero attached hydrogens (tertiary/aromatic N) is 1. The van der Waals surface area contributed by atoms with E-state index >= 15 is 0 Å². The van der Waals surface area contributed by atoms with Gasteiger partial charge in [0.15, 0.2) is 5.36 Å². The molecular formula is C28H28N3S+. The van der Waals surface area contributed by atoms with E-state index in [0.717, 1.165) is 27.1 Å². The SMILES string of the molecule is Cc1ccc(-c2ccc(N)cc2C)c(C)c1.Cc1ccc2nc3ccc(=[NH2+])cc-3sc2c1. The van der Waals surface area contributed by atoms with Gasteiger partial charge in [0.25, 0.3) is 0 Å². The Bertz CT molecular complexity index is 1400. The van der Waals surface area contributed by atoms with Crippen molar-refractivity contribution < 1.29 is 5.41 Å². The van der Waals surface area contributed by atoms with Gasteiger partial charge in [0, 0.05) is 17.8 Å². The zero-order valence-corrected chi connectivity index (χ0v) is 19.8. The molecule has 0 saturated carbocycles. The van der Waals surface area contributed by atoms with Crippen molar-refractivity contribution in [2.24, 2.45) is 0 Å². The van der Waals surface area contributed by atoms with Crippen LogP contribution < -0.4 is 16.5 Å². The van der Waals surface area contributed by atoms with Crippen LogP contribution >= 0.6 is 11.3 Å². The molecule has 0 fully saturated rings. The molecule has 1 aliphatic carbocycles. The summed E-state index contributed by atoms with van der Waals surface area (Å²) in [6, 6.07) is 24.8. The van der Waals surface area contributed by atoms with Crippen LogP contribution in [0.2, 0.25) is 0 Å². The van der Waals surface area contributed by atoms with Crippen molar-refractivity contribution in [2.75, 3.05) is 5.73 Å². The van der Waals surface area contributed by atoms with Crippen molar-refractivity contribution in [1.29, 1.82) is 0 Å². The first-order chi connectivity index (χ1) is 15.3. The maximum Gasteiger partial charge on any atom is 0.198 e. The van der Waals surface area contributed by atoms with Crippen molar-refractivity contribution in [3.05, 3.63) is 100 Å². The third-order valence-electron chi connectivity index (χ3n) is 5.48. The third-order valence-corrected chi connectivity index (χ3v) is 6.58. The van der Waals surface area contributed by atoms with E-state index in [0.29, 0.717) is 0 Å². The lowest BCUT2D eigenvalue weighted by molar-refractivity contribution is -0.172. The molecule has 0 atom stereocenters. The highest BCUT2D eigenvalue weighted by Crippen LogP contribution is 2.30. The Balaban J connectivity index is 0.000000153. The highest BCUT2D eigenvalue weighted by atomic mass is 32.1. The fraction of sp³-hybridized carbons (Fsp3) is 0.143. The monoisotopic (exact) mass is 438 g/mol. The first kappa shape index (κ1) is 21.7. The summed E-state index contributed by atoms with van der Waals surface area (Å²) in [7, 11) is 0. The molecule has 4 N–H and O–H groups in total. The van der Waals surface area contributed by atoms with Gasteiger partial charge in [-0.05, 0) is 85.8 Å². The number of nitrogen functional groups attached to an aromatic ring is 1. The molecule has 0 aromatic heterocycles. The minimum atomic E-state index is 0.789. The molecule has 3 aromatic carbocycles. The zero-order chi connectivity index (χ0) is 22.8. The van der Waals surface area contributed by atoms with E-state index in [1.54, 1.807) is 11.3 Å². The molecule has 0 unspecified atom stereocenters. The van der Waals surface area contributed by atoms with Crippen LogP contribution in [0.3, 0.4) is 0 Å². The summed E-state index contributed by atoms with van der Waals surface area (Å²) in [5, 5.41) is 6.57. The first-order valence-corrected chi connectivity index (χ1v) is 11.5. The molecule has 2 aliphatic rings. The smallest absolute Gasteiger partial charge is 0.198 e. The molecule has 3 aromatic rings.